The van der Waals surface area contributed by atoms with Gasteiger partial charge in [0.25, 0.3) is 0 Å². The maximum absolute atomic E-state index is 12.2. The van der Waals surface area contributed by atoms with Crippen molar-refractivity contribution < 1.29 is 4.74 Å². The third-order valence-electron chi connectivity index (χ3n) is 4.66. The molecular formula is C19H20N6O2S. The van der Waals surface area contributed by atoms with Gasteiger partial charge in [-0.3, -0.25) is 13.8 Å². The first kappa shape index (κ1) is 18.2. The van der Waals surface area contributed by atoms with E-state index < -0.39 is 0 Å². The van der Waals surface area contributed by atoms with Gasteiger partial charge in [0.1, 0.15) is 17.3 Å². The van der Waals surface area contributed by atoms with Crippen LogP contribution in [-0.2, 0) is 14.1 Å². The van der Waals surface area contributed by atoms with Crippen LogP contribution in [0.4, 0.5) is 5.69 Å². The van der Waals surface area contributed by atoms with Crippen molar-refractivity contribution in [2.45, 2.75) is 11.8 Å². The van der Waals surface area contributed by atoms with Crippen LogP contribution in [-0.4, -0.2) is 31.0 Å². The second-order valence-corrected chi connectivity index (χ2v) is 7.27. The Morgan fingerprint density at radius 2 is 1.96 bits per heavy atom. The number of hydrogen-bond acceptors (Lipinski definition) is 6. The van der Waals surface area contributed by atoms with Gasteiger partial charge in [-0.2, -0.15) is 5.10 Å². The molecule has 4 aromatic rings. The lowest BCUT2D eigenvalue weighted by Gasteiger charge is -2.12. The molecule has 0 unspecified atom stereocenters. The van der Waals surface area contributed by atoms with E-state index in [9.17, 15) is 4.79 Å². The first-order valence-electron chi connectivity index (χ1n) is 8.62. The highest BCUT2D eigenvalue weighted by Gasteiger charge is 2.13. The van der Waals surface area contributed by atoms with Crippen molar-refractivity contribution in [1.29, 1.82) is 0 Å². The van der Waals surface area contributed by atoms with Crippen molar-refractivity contribution in [3.05, 3.63) is 59.0 Å². The van der Waals surface area contributed by atoms with Gasteiger partial charge < -0.3 is 9.46 Å². The Kier molecular flexibility index (Phi) is 4.60. The minimum Gasteiger partial charge on any atom is -0.494 e. The highest BCUT2D eigenvalue weighted by atomic mass is 32.2. The topological polar surface area (TPSA) is 78.9 Å². The average Bonchev–Trinajstić information content (AvgIpc) is 3.21. The fourth-order valence-corrected chi connectivity index (χ4v) is 3.67. The molecule has 8 nitrogen and oxygen atoms in total. The molecule has 3 aromatic heterocycles. The highest BCUT2D eigenvalue weighted by Crippen LogP contribution is 2.35. The van der Waals surface area contributed by atoms with E-state index in [1.54, 1.807) is 31.1 Å². The average molecular weight is 396 g/mol. The highest BCUT2D eigenvalue weighted by molar-refractivity contribution is 8.00. The minimum absolute atomic E-state index is 0.115. The second-order valence-electron chi connectivity index (χ2n) is 6.39. The lowest BCUT2D eigenvalue weighted by Crippen LogP contribution is -2.21. The molecule has 9 heteroatoms. The second kappa shape index (κ2) is 7.08. The smallest absolute Gasteiger partial charge is 0.333 e. The Morgan fingerprint density at radius 1 is 1.14 bits per heavy atom. The van der Waals surface area contributed by atoms with Gasteiger partial charge in [0.2, 0.25) is 0 Å². The lowest BCUT2D eigenvalue weighted by molar-refractivity contribution is 0.417. The summed E-state index contributed by atoms with van der Waals surface area (Å²) in [4.78, 5) is 17.6. The van der Waals surface area contributed by atoms with Gasteiger partial charge >= 0.3 is 5.69 Å². The molecule has 0 saturated carbocycles. The summed E-state index contributed by atoms with van der Waals surface area (Å²) in [5.41, 5.74) is 2.58. The van der Waals surface area contributed by atoms with Gasteiger partial charge in [-0.05, 0) is 43.1 Å². The summed E-state index contributed by atoms with van der Waals surface area (Å²) in [5.74, 6) is 1.32. The quantitative estimate of drug-likeness (QED) is 0.523. The number of benzene rings is 1. The van der Waals surface area contributed by atoms with Crippen LogP contribution in [0.5, 0.6) is 5.75 Å². The molecule has 1 N–H and O–H groups in total. The van der Waals surface area contributed by atoms with Crippen molar-refractivity contribution >= 4 is 28.5 Å². The van der Waals surface area contributed by atoms with Gasteiger partial charge in [0.05, 0.1) is 18.8 Å². The van der Waals surface area contributed by atoms with Crippen LogP contribution in [0.1, 0.15) is 5.69 Å². The standard InChI is InChI=1S/C19H20N6O2S/c1-12-11-25(19(26)23(12)2)16-8-6-14(10-20-16)28-22-17-15(27-4)7-5-13-9-21-24(3)18(13)17/h5-11,22H,1-4H3. The maximum atomic E-state index is 12.2. The number of ether oxygens (including phenoxy) is 1. The molecule has 3 heterocycles. The zero-order chi connectivity index (χ0) is 19.8. The molecule has 144 valence electrons. The first-order chi connectivity index (χ1) is 13.5. The number of fused-ring (bicyclic) bond motifs is 1. The van der Waals surface area contributed by atoms with E-state index in [-0.39, 0.29) is 5.69 Å². The number of methoxy groups -OCH3 is 1. The Morgan fingerprint density at radius 3 is 2.61 bits per heavy atom. The van der Waals surface area contributed by atoms with E-state index >= 15 is 0 Å². The van der Waals surface area contributed by atoms with Crippen LogP contribution in [0.25, 0.3) is 16.7 Å². The van der Waals surface area contributed by atoms with E-state index in [0.717, 1.165) is 32.9 Å². The van der Waals surface area contributed by atoms with Crippen molar-refractivity contribution in [2.24, 2.45) is 14.1 Å². The number of nitrogens with zero attached hydrogens (tertiary/aromatic N) is 5. The number of anilines is 1. The van der Waals surface area contributed by atoms with Crippen molar-refractivity contribution in [2.75, 3.05) is 11.8 Å². The zero-order valence-electron chi connectivity index (χ0n) is 16.0. The van der Waals surface area contributed by atoms with Crippen molar-refractivity contribution in [3.8, 4) is 11.6 Å². The van der Waals surface area contributed by atoms with Crippen LogP contribution in [0.15, 0.2) is 52.5 Å². The number of pyridine rings is 1. The number of aromatic nitrogens is 5. The third kappa shape index (κ3) is 3.03. The van der Waals surface area contributed by atoms with E-state index in [0.29, 0.717) is 5.82 Å². The molecule has 0 spiro atoms. The monoisotopic (exact) mass is 396 g/mol. The molecule has 0 bridgehead atoms. The molecule has 0 amide bonds. The van der Waals surface area contributed by atoms with E-state index in [1.807, 2.05) is 49.1 Å². The number of rotatable bonds is 5. The van der Waals surface area contributed by atoms with Crippen LogP contribution in [0.2, 0.25) is 0 Å². The van der Waals surface area contributed by atoms with Gasteiger partial charge in [-0.15, -0.1) is 0 Å². The van der Waals surface area contributed by atoms with Crippen LogP contribution < -0.4 is 15.1 Å². The molecule has 0 saturated heterocycles. The molecule has 1 aromatic carbocycles. The normalized spacial score (nSPS) is 11.1. The van der Waals surface area contributed by atoms with E-state index in [4.69, 9.17) is 4.74 Å². The van der Waals surface area contributed by atoms with Gasteiger partial charge in [0, 0.05) is 42.5 Å². The molecular weight excluding hydrogens is 376 g/mol. The summed E-state index contributed by atoms with van der Waals surface area (Å²) in [6, 6.07) is 7.64. The Hall–Kier alpha value is -3.20. The largest absolute Gasteiger partial charge is 0.494 e. The fourth-order valence-electron chi connectivity index (χ4n) is 3.01. The van der Waals surface area contributed by atoms with Gasteiger partial charge in [-0.25, -0.2) is 9.78 Å². The molecule has 0 aliphatic carbocycles. The predicted octanol–water partition coefficient (Wildman–Crippen LogP) is 2.89. The van der Waals surface area contributed by atoms with Crippen molar-refractivity contribution in [1.82, 2.24) is 23.9 Å². The number of nitrogens with one attached hydrogen (secondary N) is 1. The summed E-state index contributed by atoms with van der Waals surface area (Å²) in [5, 5.41) is 5.34. The van der Waals surface area contributed by atoms with E-state index in [2.05, 4.69) is 14.8 Å². The Balaban J connectivity index is 1.59. The lowest BCUT2D eigenvalue weighted by atomic mass is 10.2. The zero-order valence-corrected chi connectivity index (χ0v) is 16.8. The van der Waals surface area contributed by atoms with Gasteiger partial charge in [-0.1, -0.05) is 0 Å². The molecule has 28 heavy (non-hydrogen) atoms. The molecule has 0 aliphatic heterocycles. The number of imidazole rings is 1. The number of aryl methyl sites for hydroxylation is 2. The van der Waals surface area contributed by atoms with Crippen molar-refractivity contribution in [3.63, 3.8) is 0 Å². The van der Waals surface area contributed by atoms with E-state index in [1.165, 1.54) is 16.5 Å². The van der Waals surface area contributed by atoms with Crippen LogP contribution >= 0.6 is 11.9 Å². The summed E-state index contributed by atoms with van der Waals surface area (Å²) >= 11 is 1.42. The van der Waals surface area contributed by atoms with Gasteiger partial charge in [0.15, 0.2) is 0 Å². The summed E-state index contributed by atoms with van der Waals surface area (Å²) in [6.07, 6.45) is 5.34. The Bertz CT molecular complexity index is 1210. The molecule has 0 fully saturated rings. The molecule has 0 aliphatic rings. The maximum Gasteiger partial charge on any atom is 0.333 e. The van der Waals surface area contributed by atoms with Crippen LogP contribution in [0.3, 0.4) is 0 Å². The summed E-state index contributed by atoms with van der Waals surface area (Å²) in [6.45, 7) is 1.89. The number of hydrogen-bond donors (Lipinski definition) is 1. The molecule has 4 rings (SSSR count). The minimum atomic E-state index is -0.115. The van der Waals surface area contributed by atoms with Crippen LogP contribution in [0, 0.1) is 6.92 Å². The SMILES string of the molecule is COc1ccc2cnn(C)c2c1NSc1ccc(-n2cc(C)n(C)c2=O)nc1. The first-order valence-corrected chi connectivity index (χ1v) is 9.44. The summed E-state index contributed by atoms with van der Waals surface area (Å²) in [7, 11) is 5.28. The third-order valence-corrected chi connectivity index (χ3v) is 5.44. The molecule has 0 radical (unpaired) electrons. The summed E-state index contributed by atoms with van der Waals surface area (Å²) < 4.78 is 13.8. The predicted molar refractivity (Wildman–Crippen MR) is 110 cm³/mol. The fraction of sp³-hybridized carbons (Fsp3) is 0.211. The Labute approximate surface area is 165 Å². The molecule has 0 atom stereocenters.